The Balaban J connectivity index is 1.50. The Bertz CT molecular complexity index is 716. The molecular formula is C21H24F2N2O. The normalized spacial score (nSPS) is 17.3. The van der Waals surface area contributed by atoms with Crippen LogP contribution in [0.15, 0.2) is 42.7 Å². The van der Waals surface area contributed by atoms with Gasteiger partial charge in [0.2, 0.25) is 5.91 Å². The predicted molar refractivity (Wildman–Crippen MR) is 96.5 cm³/mol. The highest BCUT2D eigenvalue weighted by Gasteiger charge is 2.24. The lowest BCUT2D eigenvalue weighted by atomic mass is 9.91. The number of carbonyl (C=O) groups is 1. The number of likely N-dealkylation sites (tertiary alicyclic amines) is 1. The standard InChI is InChI=1S/C21H24F2N2O/c22-19-4-1-5-20(23)18(19)8-6-17-3-2-14-25(15-17)21(26)9-7-16-10-12-24-13-11-16/h1,4-5,10-13,17H,2-3,6-9,14-15H2. The molecule has 0 N–H and O–H groups in total. The van der Waals surface area contributed by atoms with Crippen molar-refractivity contribution >= 4 is 5.91 Å². The van der Waals surface area contributed by atoms with E-state index in [1.54, 1.807) is 12.4 Å². The van der Waals surface area contributed by atoms with Crippen LogP contribution in [0, 0.1) is 17.6 Å². The van der Waals surface area contributed by atoms with Crippen molar-refractivity contribution in [3.05, 3.63) is 65.5 Å². The van der Waals surface area contributed by atoms with E-state index < -0.39 is 11.6 Å². The minimum absolute atomic E-state index is 0.156. The maximum absolute atomic E-state index is 13.8. The van der Waals surface area contributed by atoms with Gasteiger partial charge in [-0.05, 0) is 67.9 Å². The number of piperidine rings is 1. The van der Waals surface area contributed by atoms with E-state index >= 15 is 0 Å². The number of benzene rings is 1. The molecule has 2 aromatic rings. The fourth-order valence-electron chi connectivity index (χ4n) is 3.61. The van der Waals surface area contributed by atoms with Gasteiger partial charge in [-0.1, -0.05) is 6.07 Å². The lowest BCUT2D eigenvalue weighted by molar-refractivity contribution is -0.133. The summed E-state index contributed by atoms with van der Waals surface area (Å²) >= 11 is 0. The van der Waals surface area contributed by atoms with Gasteiger partial charge < -0.3 is 4.90 Å². The van der Waals surface area contributed by atoms with E-state index in [2.05, 4.69) is 4.98 Å². The van der Waals surface area contributed by atoms with E-state index in [1.165, 1.54) is 18.2 Å². The molecule has 1 saturated heterocycles. The summed E-state index contributed by atoms with van der Waals surface area (Å²) in [7, 11) is 0. The van der Waals surface area contributed by atoms with E-state index in [9.17, 15) is 13.6 Å². The van der Waals surface area contributed by atoms with Crippen LogP contribution in [0.4, 0.5) is 8.78 Å². The molecule has 0 spiro atoms. The molecule has 138 valence electrons. The van der Waals surface area contributed by atoms with Crippen LogP contribution in [0.1, 0.15) is 36.8 Å². The van der Waals surface area contributed by atoms with Gasteiger partial charge in [0.25, 0.3) is 0 Å². The molecule has 1 fully saturated rings. The Morgan fingerprint density at radius 2 is 1.85 bits per heavy atom. The number of nitrogens with zero attached hydrogens (tertiary/aromatic N) is 2. The molecule has 1 unspecified atom stereocenters. The minimum atomic E-state index is -0.480. The number of aromatic nitrogens is 1. The Morgan fingerprint density at radius 1 is 1.12 bits per heavy atom. The van der Waals surface area contributed by atoms with Crippen LogP contribution in [0.25, 0.3) is 0 Å². The second kappa shape index (κ2) is 8.88. The van der Waals surface area contributed by atoms with E-state index in [1.807, 2.05) is 17.0 Å². The van der Waals surface area contributed by atoms with E-state index in [0.29, 0.717) is 38.1 Å². The molecule has 1 amide bonds. The molecule has 0 saturated carbocycles. The van der Waals surface area contributed by atoms with Gasteiger partial charge in [0.05, 0.1) is 0 Å². The summed E-state index contributed by atoms with van der Waals surface area (Å²) in [6.07, 6.45) is 7.70. The number of hydrogen-bond donors (Lipinski definition) is 0. The second-order valence-corrected chi connectivity index (χ2v) is 6.94. The van der Waals surface area contributed by atoms with Crippen molar-refractivity contribution in [3.63, 3.8) is 0 Å². The van der Waals surface area contributed by atoms with Crippen LogP contribution in [0.2, 0.25) is 0 Å². The van der Waals surface area contributed by atoms with Crippen LogP contribution in [-0.4, -0.2) is 28.9 Å². The SMILES string of the molecule is O=C(CCc1ccncc1)N1CCCC(CCc2c(F)cccc2F)C1. The largest absolute Gasteiger partial charge is 0.342 e. The van der Waals surface area contributed by atoms with Crippen molar-refractivity contribution in [2.75, 3.05) is 13.1 Å². The minimum Gasteiger partial charge on any atom is -0.342 e. The highest BCUT2D eigenvalue weighted by Crippen LogP contribution is 2.24. The third kappa shape index (κ3) is 4.87. The zero-order chi connectivity index (χ0) is 18.4. The van der Waals surface area contributed by atoms with Crippen molar-refractivity contribution < 1.29 is 13.6 Å². The average Bonchev–Trinajstić information content (AvgIpc) is 2.67. The van der Waals surface area contributed by atoms with Crippen molar-refractivity contribution in [1.82, 2.24) is 9.88 Å². The first-order valence-electron chi connectivity index (χ1n) is 9.23. The van der Waals surface area contributed by atoms with Crippen LogP contribution >= 0.6 is 0 Å². The zero-order valence-corrected chi connectivity index (χ0v) is 14.8. The summed E-state index contributed by atoms with van der Waals surface area (Å²) in [5, 5.41) is 0. The molecule has 1 aliphatic rings. The number of aryl methyl sites for hydroxylation is 1. The molecular weight excluding hydrogens is 334 g/mol. The van der Waals surface area contributed by atoms with Crippen LogP contribution < -0.4 is 0 Å². The number of carbonyl (C=O) groups excluding carboxylic acids is 1. The molecule has 1 aromatic carbocycles. The smallest absolute Gasteiger partial charge is 0.222 e. The Kier molecular flexibility index (Phi) is 6.31. The molecule has 3 rings (SSSR count). The third-order valence-corrected chi connectivity index (χ3v) is 5.11. The zero-order valence-electron chi connectivity index (χ0n) is 14.8. The molecule has 0 bridgehead atoms. The summed E-state index contributed by atoms with van der Waals surface area (Å²) in [5.41, 5.74) is 1.27. The van der Waals surface area contributed by atoms with Gasteiger partial charge in [-0.3, -0.25) is 9.78 Å². The maximum Gasteiger partial charge on any atom is 0.222 e. The van der Waals surface area contributed by atoms with Crippen LogP contribution in [0.3, 0.4) is 0 Å². The van der Waals surface area contributed by atoms with Gasteiger partial charge in [0.1, 0.15) is 11.6 Å². The maximum atomic E-state index is 13.8. The first kappa shape index (κ1) is 18.5. The summed E-state index contributed by atoms with van der Waals surface area (Å²) in [4.78, 5) is 18.4. The molecule has 5 heteroatoms. The Hall–Kier alpha value is -2.30. The van der Waals surface area contributed by atoms with Gasteiger partial charge in [-0.15, -0.1) is 0 Å². The first-order chi connectivity index (χ1) is 12.6. The number of pyridine rings is 1. The van der Waals surface area contributed by atoms with E-state index in [4.69, 9.17) is 0 Å². The fourth-order valence-corrected chi connectivity index (χ4v) is 3.61. The lowest BCUT2D eigenvalue weighted by Crippen LogP contribution is -2.40. The van der Waals surface area contributed by atoms with Gasteiger partial charge >= 0.3 is 0 Å². The second-order valence-electron chi connectivity index (χ2n) is 6.94. The van der Waals surface area contributed by atoms with Crippen molar-refractivity contribution in [2.45, 2.75) is 38.5 Å². The number of amides is 1. The van der Waals surface area contributed by atoms with Crippen LogP contribution in [0.5, 0.6) is 0 Å². The summed E-state index contributed by atoms with van der Waals surface area (Å²) in [5.74, 6) is -0.506. The highest BCUT2D eigenvalue weighted by molar-refractivity contribution is 5.76. The van der Waals surface area contributed by atoms with Gasteiger partial charge in [0, 0.05) is 37.5 Å². The molecule has 26 heavy (non-hydrogen) atoms. The summed E-state index contributed by atoms with van der Waals surface area (Å²) in [6.45, 7) is 1.46. The fraction of sp³-hybridized carbons (Fsp3) is 0.429. The number of halogens is 2. The molecule has 0 aliphatic carbocycles. The average molecular weight is 358 g/mol. The van der Waals surface area contributed by atoms with Crippen molar-refractivity contribution in [3.8, 4) is 0 Å². The van der Waals surface area contributed by atoms with Gasteiger partial charge in [-0.2, -0.15) is 0 Å². The molecule has 2 heterocycles. The summed E-state index contributed by atoms with van der Waals surface area (Å²) < 4.78 is 27.5. The predicted octanol–water partition coefficient (Wildman–Crippen LogP) is 4.16. The van der Waals surface area contributed by atoms with Crippen LogP contribution in [-0.2, 0) is 17.6 Å². The number of rotatable bonds is 6. The Morgan fingerprint density at radius 3 is 2.58 bits per heavy atom. The molecule has 0 radical (unpaired) electrons. The highest BCUT2D eigenvalue weighted by atomic mass is 19.1. The first-order valence-corrected chi connectivity index (χ1v) is 9.23. The molecule has 1 aromatic heterocycles. The molecule has 3 nitrogen and oxygen atoms in total. The molecule has 1 atom stereocenters. The monoisotopic (exact) mass is 358 g/mol. The third-order valence-electron chi connectivity index (χ3n) is 5.11. The van der Waals surface area contributed by atoms with Crippen molar-refractivity contribution in [2.24, 2.45) is 5.92 Å². The van der Waals surface area contributed by atoms with Gasteiger partial charge in [-0.25, -0.2) is 8.78 Å². The quantitative estimate of drug-likeness (QED) is 0.777. The number of hydrogen-bond acceptors (Lipinski definition) is 2. The van der Waals surface area contributed by atoms with Gasteiger partial charge in [0.15, 0.2) is 0 Å². The van der Waals surface area contributed by atoms with E-state index in [-0.39, 0.29) is 11.5 Å². The molecule has 1 aliphatic heterocycles. The topological polar surface area (TPSA) is 33.2 Å². The Labute approximate surface area is 153 Å². The summed E-state index contributed by atoms with van der Waals surface area (Å²) in [6, 6.07) is 7.84. The lowest BCUT2D eigenvalue weighted by Gasteiger charge is -2.33. The van der Waals surface area contributed by atoms with E-state index in [0.717, 1.165) is 24.9 Å². The van der Waals surface area contributed by atoms with Crippen molar-refractivity contribution in [1.29, 1.82) is 0 Å².